The molecule has 1 heterocycles. The maximum atomic E-state index is 9.75. The lowest BCUT2D eigenvalue weighted by Gasteiger charge is -2.23. The van der Waals surface area contributed by atoms with E-state index in [-0.39, 0.29) is 24.9 Å². The third-order valence-corrected chi connectivity index (χ3v) is 5.03. The van der Waals surface area contributed by atoms with E-state index < -0.39 is 0 Å². The summed E-state index contributed by atoms with van der Waals surface area (Å²) in [5.74, 6) is 1.96. The minimum Gasteiger partial charge on any atom is -0.489 e. The summed E-state index contributed by atoms with van der Waals surface area (Å²) in [6.07, 6.45) is 0.447. The first-order valence-corrected chi connectivity index (χ1v) is 9.46. The molecule has 0 saturated carbocycles. The van der Waals surface area contributed by atoms with E-state index in [4.69, 9.17) is 21.1 Å². The first kappa shape index (κ1) is 19.0. The molecule has 5 heteroatoms. The highest BCUT2D eigenvalue weighted by Gasteiger charge is 2.33. The molecule has 0 aromatic heterocycles. The van der Waals surface area contributed by atoms with Crippen LogP contribution in [0.3, 0.4) is 0 Å². The molecule has 1 aliphatic rings. The van der Waals surface area contributed by atoms with Gasteiger partial charge in [-0.05, 0) is 35.7 Å². The van der Waals surface area contributed by atoms with Crippen molar-refractivity contribution in [3.05, 3.63) is 59.1 Å². The van der Waals surface area contributed by atoms with Crippen molar-refractivity contribution in [2.45, 2.75) is 44.4 Å². The Kier molecular flexibility index (Phi) is 6.41. The highest BCUT2D eigenvalue weighted by molar-refractivity contribution is 6.32. The fourth-order valence-electron chi connectivity index (χ4n) is 3.18. The summed E-state index contributed by atoms with van der Waals surface area (Å²) in [5, 5.41) is 13.7. The Morgan fingerprint density at radius 2 is 1.88 bits per heavy atom. The molecule has 1 aliphatic heterocycles. The maximum absolute atomic E-state index is 9.75. The van der Waals surface area contributed by atoms with Crippen LogP contribution in [0.4, 0.5) is 0 Å². The lowest BCUT2D eigenvalue weighted by atomic mass is 10.0. The number of benzene rings is 2. The summed E-state index contributed by atoms with van der Waals surface area (Å²) in [6.45, 7) is 4.99. The van der Waals surface area contributed by atoms with Gasteiger partial charge in [0.1, 0.15) is 23.7 Å². The first-order valence-electron chi connectivity index (χ1n) is 9.09. The largest absolute Gasteiger partial charge is 0.489 e. The summed E-state index contributed by atoms with van der Waals surface area (Å²) in [6, 6.07) is 15.6. The van der Waals surface area contributed by atoms with Gasteiger partial charge < -0.3 is 19.9 Å². The lowest BCUT2D eigenvalue weighted by Crippen LogP contribution is -2.41. The molecule has 2 aromatic rings. The fraction of sp³-hybridized carbons (Fsp3) is 0.429. The van der Waals surface area contributed by atoms with Gasteiger partial charge in [0, 0.05) is 19.0 Å². The van der Waals surface area contributed by atoms with Crippen LogP contribution in [0, 0.1) is 0 Å². The second-order valence-corrected chi connectivity index (χ2v) is 7.39. The monoisotopic (exact) mass is 375 g/mol. The minimum atomic E-state index is -0.369. The fourth-order valence-corrected chi connectivity index (χ4v) is 3.36. The first-order chi connectivity index (χ1) is 12.6. The van der Waals surface area contributed by atoms with Crippen LogP contribution in [-0.2, 0) is 0 Å². The zero-order valence-corrected chi connectivity index (χ0v) is 15.9. The molecule has 0 aliphatic carbocycles. The van der Waals surface area contributed by atoms with Gasteiger partial charge in [0.2, 0.25) is 0 Å². The number of halogens is 1. The van der Waals surface area contributed by atoms with Crippen LogP contribution in [0.2, 0.25) is 5.02 Å². The van der Waals surface area contributed by atoms with Gasteiger partial charge in [-0.3, -0.25) is 0 Å². The van der Waals surface area contributed by atoms with E-state index in [9.17, 15) is 5.11 Å². The Morgan fingerprint density at radius 3 is 2.54 bits per heavy atom. The SMILES string of the molecule is CC(C)c1ccc(O[C@@H]2CNC(C(CO)Oc3ccccc3Cl)C2)cc1. The predicted molar refractivity (Wildman–Crippen MR) is 104 cm³/mol. The van der Waals surface area contributed by atoms with Gasteiger partial charge in [-0.25, -0.2) is 0 Å². The molecular formula is C21H26ClNO3. The topological polar surface area (TPSA) is 50.7 Å². The Bertz CT molecular complexity index is 705. The second-order valence-electron chi connectivity index (χ2n) is 6.98. The molecule has 2 N–H and O–H groups in total. The van der Waals surface area contributed by atoms with E-state index >= 15 is 0 Å². The predicted octanol–water partition coefficient (Wildman–Crippen LogP) is 4.01. The Morgan fingerprint density at radius 1 is 1.15 bits per heavy atom. The zero-order chi connectivity index (χ0) is 18.5. The summed E-state index contributed by atoms with van der Waals surface area (Å²) in [7, 11) is 0. The molecule has 1 saturated heterocycles. The molecule has 2 aromatic carbocycles. The van der Waals surface area contributed by atoms with Gasteiger partial charge >= 0.3 is 0 Å². The van der Waals surface area contributed by atoms with Gasteiger partial charge in [-0.1, -0.05) is 49.7 Å². The van der Waals surface area contributed by atoms with E-state index in [1.54, 1.807) is 6.07 Å². The number of hydrogen-bond acceptors (Lipinski definition) is 4. The summed E-state index contributed by atoms with van der Waals surface area (Å²) >= 11 is 6.15. The molecule has 0 spiro atoms. The summed E-state index contributed by atoms with van der Waals surface area (Å²) < 4.78 is 12.0. The summed E-state index contributed by atoms with van der Waals surface area (Å²) in [5.41, 5.74) is 1.30. The average molecular weight is 376 g/mol. The standard InChI is InChI=1S/C21H26ClNO3/c1-14(2)15-7-9-16(10-8-15)25-17-11-19(23-12-17)21(13-24)26-20-6-4-3-5-18(20)22/h3-10,14,17,19,21,23-24H,11-13H2,1-2H3/t17-,19?,21?/m0/s1. The quantitative estimate of drug-likeness (QED) is 0.767. The molecule has 0 radical (unpaired) electrons. The van der Waals surface area contributed by atoms with Gasteiger partial charge in [-0.15, -0.1) is 0 Å². The van der Waals surface area contributed by atoms with Gasteiger partial charge in [0.25, 0.3) is 0 Å². The highest BCUT2D eigenvalue weighted by Crippen LogP contribution is 2.27. The van der Waals surface area contributed by atoms with Crippen LogP contribution >= 0.6 is 11.6 Å². The normalized spacial score (nSPS) is 21.0. The van der Waals surface area contributed by atoms with E-state index in [1.807, 2.05) is 30.3 Å². The maximum Gasteiger partial charge on any atom is 0.138 e. The number of para-hydroxylation sites is 1. The van der Waals surface area contributed by atoms with E-state index in [0.717, 1.165) is 18.7 Å². The third-order valence-electron chi connectivity index (χ3n) is 4.72. The van der Waals surface area contributed by atoms with Crippen molar-refractivity contribution < 1.29 is 14.6 Å². The van der Waals surface area contributed by atoms with E-state index in [2.05, 4.69) is 31.3 Å². The lowest BCUT2D eigenvalue weighted by molar-refractivity contribution is 0.0849. The molecular weight excluding hydrogens is 350 g/mol. The van der Waals surface area contributed by atoms with Crippen molar-refractivity contribution in [1.29, 1.82) is 0 Å². The average Bonchev–Trinajstić information content (AvgIpc) is 3.10. The molecule has 3 rings (SSSR count). The van der Waals surface area contributed by atoms with Crippen LogP contribution in [-0.4, -0.2) is 36.5 Å². The number of rotatable bonds is 7. The molecule has 1 fully saturated rings. The van der Waals surface area contributed by atoms with Crippen molar-refractivity contribution in [2.75, 3.05) is 13.2 Å². The smallest absolute Gasteiger partial charge is 0.138 e. The van der Waals surface area contributed by atoms with E-state index in [1.165, 1.54) is 5.56 Å². The third kappa shape index (κ3) is 4.70. The molecule has 140 valence electrons. The molecule has 26 heavy (non-hydrogen) atoms. The number of nitrogens with one attached hydrogen (secondary N) is 1. The molecule has 3 atom stereocenters. The van der Waals surface area contributed by atoms with Crippen molar-refractivity contribution in [1.82, 2.24) is 5.32 Å². The van der Waals surface area contributed by atoms with Crippen molar-refractivity contribution >= 4 is 11.6 Å². The van der Waals surface area contributed by atoms with Gasteiger partial charge in [-0.2, -0.15) is 0 Å². The van der Waals surface area contributed by atoms with Gasteiger partial charge in [0.15, 0.2) is 0 Å². The number of hydrogen-bond donors (Lipinski definition) is 2. The van der Waals surface area contributed by atoms with Crippen LogP contribution in [0.5, 0.6) is 11.5 Å². The Balaban J connectivity index is 1.57. The van der Waals surface area contributed by atoms with Crippen molar-refractivity contribution in [2.24, 2.45) is 0 Å². The van der Waals surface area contributed by atoms with Crippen LogP contribution in [0.1, 0.15) is 31.7 Å². The Labute approximate surface area is 160 Å². The van der Waals surface area contributed by atoms with Crippen LogP contribution in [0.15, 0.2) is 48.5 Å². The Hall–Kier alpha value is -1.75. The van der Waals surface area contributed by atoms with Crippen molar-refractivity contribution in [3.8, 4) is 11.5 Å². The zero-order valence-electron chi connectivity index (χ0n) is 15.2. The van der Waals surface area contributed by atoms with Crippen LogP contribution in [0.25, 0.3) is 0 Å². The number of ether oxygens (including phenoxy) is 2. The summed E-state index contributed by atoms with van der Waals surface area (Å²) in [4.78, 5) is 0. The molecule has 2 unspecified atom stereocenters. The second kappa shape index (κ2) is 8.76. The number of aliphatic hydroxyl groups excluding tert-OH is 1. The van der Waals surface area contributed by atoms with Gasteiger partial charge in [0.05, 0.1) is 11.6 Å². The molecule has 4 nitrogen and oxygen atoms in total. The molecule has 0 amide bonds. The number of aliphatic hydroxyl groups is 1. The van der Waals surface area contributed by atoms with E-state index in [0.29, 0.717) is 16.7 Å². The minimum absolute atomic E-state index is 0.0104. The molecule has 0 bridgehead atoms. The van der Waals surface area contributed by atoms with Crippen molar-refractivity contribution in [3.63, 3.8) is 0 Å². The highest BCUT2D eigenvalue weighted by atomic mass is 35.5. The van der Waals surface area contributed by atoms with Crippen LogP contribution < -0.4 is 14.8 Å².